The van der Waals surface area contributed by atoms with Gasteiger partial charge in [0.15, 0.2) is 0 Å². The van der Waals surface area contributed by atoms with Crippen LogP contribution >= 0.6 is 0 Å². The molecule has 0 bridgehead atoms. The second kappa shape index (κ2) is 5.66. The molecule has 8 heteroatoms. The van der Waals surface area contributed by atoms with Gasteiger partial charge in [0.05, 0.1) is 11.2 Å². The van der Waals surface area contributed by atoms with Gasteiger partial charge in [0, 0.05) is 42.2 Å². The maximum absolute atomic E-state index is 11.1. The van der Waals surface area contributed by atoms with Gasteiger partial charge in [-0.1, -0.05) is 6.07 Å². The number of nitro groups is 1. The van der Waals surface area contributed by atoms with Crippen LogP contribution in [0.1, 0.15) is 18.1 Å². The first-order valence-corrected chi connectivity index (χ1v) is 8.03. The molecule has 0 saturated carbocycles. The zero-order chi connectivity index (χ0) is 15.6. The van der Waals surface area contributed by atoms with Gasteiger partial charge in [-0.2, -0.15) is 0 Å². The van der Waals surface area contributed by atoms with E-state index < -0.39 is 14.9 Å². The molecule has 1 aromatic carbocycles. The summed E-state index contributed by atoms with van der Waals surface area (Å²) in [5, 5.41) is 11.5. The fraction of sp³-hybridized carbons (Fsp3) is 0.231. The van der Waals surface area contributed by atoms with Crippen LogP contribution in [0, 0.1) is 10.1 Å². The van der Waals surface area contributed by atoms with Crippen LogP contribution in [-0.2, 0) is 16.6 Å². The molecule has 2 N–H and O–H groups in total. The Balaban J connectivity index is 2.37. The average Bonchev–Trinajstić information content (AvgIpc) is 2.78. The monoisotopic (exact) mass is 309 g/mol. The van der Waals surface area contributed by atoms with E-state index in [4.69, 9.17) is 0 Å². The Morgan fingerprint density at radius 2 is 2.19 bits per heavy atom. The second-order valence-electron chi connectivity index (χ2n) is 4.76. The molecule has 0 aliphatic rings. The number of nitrogens with one attached hydrogen (secondary N) is 2. The third-order valence-electron chi connectivity index (χ3n) is 2.97. The molecule has 0 unspecified atom stereocenters. The molecule has 0 atom stereocenters. The highest BCUT2D eigenvalue weighted by molar-refractivity contribution is 7.88. The van der Waals surface area contributed by atoms with Crippen LogP contribution in [0.15, 0.2) is 30.1 Å². The smallest absolute Gasteiger partial charge is 0.243 e. The molecule has 0 saturated heterocycles. The molecule has 7 nitrogen and oxygen atoms in total. The third-order valence-corrected chi connectivity index (χ3v) is 3.64. The van der Waals surface area contributed by atoms with Gasteiger partial charge in [0.1, 0.15) is 0 Å². The summed E-state index contributed by atoms with van der Waals surface area (Å²) >= 11 is 0. The average molecular weight is 309 g/mol. The molecule has 1 heterocycles. The first-order valence-electron chi connectivity index (χ1n) is 6.13. The highest BCUT2D eigenvalue weighted by Gasteiger charge is 2.08. The lowest BCUT2D eigenvalue weighted by atomic mass is 10.1. The Hall–Kier alpha value is -2.19. The van der Waals surface area contributed by atoms with Crippen molar-refractivity contribution in [2.45, 2.75) is 13.5 Å². The molecule has 1 aromatic heterocycles. The molecule has 112 valence electrons. The van der Waals surface area contributed by atoms with Crippen LogP contribution in [0.5, 0.6) is 0 Å². The van der Waals surface area contributed by atoms with Gasteiger partial charge in [-0.25, -0.2) is 13.1 Å². The predicted octanol–water partition coefficient (Wildman–Crippen LogP) is 1.85. The summed E-state index contributed by atoms with van der Waals surface area (Å²) < 4.78 is 24.6. The van der Waals surface area contributed by atoms with Gasteiger partial charge in [0.2, 0.25) is 15.7 Å². The summed E-state index contributed by atoms with van der Waals surface area (Å²) in [6, 6.07) is 5.42. The van der Waals surface area contributed by atoms with Crippen LogP contribution < -0.4 is 4.72 Å². The molecule has 0 amide bonds. The number of aromatic nitrogens is 1. The Morgan fingerprint density at radius 3 is 2.81 bits per heavy atom. The maximum atomic E-state index is 11.1. The van der Waals surface area contributed by atoms with Crippen molar-refractivity contribution in [1.29, 1.82) is 0 Å². The van der Waals surface area contributed by atoms with E-state index in [2.05, 4.69) is 9.71 Å². The van der Waals surface area contributed by atoms with Crippen molar-refractivity contribution in [2.75, 3.05) is 6.26 Å². The van der Waals surface area contributed by atoms with Crippen molar-refractivity contribution in [3.63, 3.8) is 0 Å². The largest absolute Gasteiger partial charge is 0.361 e. The minimum atomic E-state index is -3.26. The normalized spacial score (nSPS) is 12.8. The van der Waals surface area contributed by atoms with Crippen LogP contribution in [-0.4, -0.2) is 24.6 Å². The Morgan fingerprint density at radius 1 is 1.48 bits per heavy atom. The zero-order valence-corrected chi connectivity index (χ0v) is 12.4. The summed E-state index contributed by atoms with van der Waals surface area (Å²) in [6.45, 7) is 1.60. The Bertz CT molecular complexity index is 821. The number of hydrogen-bond acceptors (Lipinski definition) is 4. The van der Waals surface area contributed by atoms with Crippen molar-refractivity contribution in [2.24, 2.45) is 0 Å². The maximum Gasteiger partial charge on any atom is 0.243 e. The van der Waals surface area contributed by atoms with Crippen LogP contribution in [0.3, 0.4) is 0 Å². The number of benzene rings is 1. The van der Waals surface area contributed by atoms with E-state index in [9.17, 15) is 18.5 Å². The molecular weight excluding hydrogens is 294 g/mol. The fourth-order valence-electron chi connectivity index (χ4n) is 1.91. The summed E-state index contributed by atoms with van der Waals surface area (Å²) in [6.07, 6.45) is 4.26. The fourth-order valence-corrected chi connectivity index (χ4v) is 2.34. The van der Waals surface area contributed by atoms with E-state index in [1.54, 1.807) is 12.3 Å². The van der Waals surface area contributed by atoms with Crippen molar-refractivity contribution < 1.29 is 13.3 Å². The van der Waals surface area contributed by atoms with E-state index in [1.807, 2.05) is 12.1 Å². The Labute approximate surface area is 121 Å². The number of fused-ring (bicyclic) bond motifs is 1. The lowest BCUT2D eigenvalue weighted by Crippen LogP contribution is -2.21. The lowest BCUT2D eigenvalue weighted by molar-refractivity contribution is -0.422. The summed E-state index contributed by atoms with van der Waals surface area (Å²) in [7, 11) is -3.26. The van der Waals surface area contributed by atoms with Crippen molar-refractivity contribution in [3.8, 4) is 0 Å². The summed E-state index contributed by atoms with van der Waals surface area (Å²) in [5.74, 6) is 0. The van der Waals surface area contributed by atoms with E-state index in [1.165, 1.54) is 13.0 Å². The number of hydrogen-bond donors (Lipinski definition) is 2. The van der Waals surface area contributed by atoms with Crippen molar-refractivity contribution >= 4 is 27.0 Å². The van der Waals surface area contributed by atoms with Gasteiger partial charge < -0.3 is 4.98 Å². The van der Waals surface area contributed by atoms with Gasteiger partial charge in [-0.15, -0.1) is 0 Å². The highest BCUT2D eigenvalue weighted by atomic mass is 32.2. The van der Waals surface area contributed by atoms with Crippen LogP contribution in [0.25, 0.3) is 17.0 Å². The SMILES string of the molecule is C/C(=C\c1c[nH]c2ccc(CNS(C)(=O)=O)cc12)[N+](=O)[O-]. The van der Waals surface area contributed by atoms with Crippen LogP contribution in [0.2, 0.25) is 0 Å². The second-order valence-corrected chi connectivity index (χ2v) is 6.59. The molecule has 0 fully saturated rings. The van der Waals surface area contributed by atoms with E-state index in [0.29, 0.717) is 5.56 Å². The minimum absolute atomic E-state index is 0.0376. The minimum Gasteiger partial charge on any atom is -0.361 e. The topological polar surface area (TPSA) is 105 Å². The van der Waals surface area contributed by atoms with Crippen LogP contribution in [0.4, 0.5) is 0 Å². The lowest BCUT2D eigenvalue weighted by Gasteiger charge is -2.03. The molecular formula is C13H15N3O4S. The summed E-state index contributed by atoms with van der Waals surface area (Å²) in [5.41, 5.74) is 2.34. The van der Waals surface area contributed by atoms with Crippen molar-refractivity contribution in [3.05, 3.63) is 51.3 Å². The Kier molecular flexibility index (Phi) is 4.10. The van der Waals surface area contributed by atoms with Gasteiger partial charge in [-0.3, -0.25) is 10.1 Å². The molecule has 0 spiro atoms. The third kappa shape index (κ3) is 3.89. The zero-order valence-electron chi connectivity index (χ0n) is 11.6. The van der Waals surface area contributed by atoms with Crippen molar-refractivity contribution in [1.82, 2.24) is 9.71 Å². The number of nitrogens with zero attached hydrogens (tertiary/aromatic N) is 1. The molecule has 21 heavy (non-hydrogen) atoms. The van der Waals surface area contributed by atoms with Gasteiger partial charge in [0.25, 0.3) is 0 Å². The summed E-state index contributed by atoms with van der Waals surface area (Å²) in [4.78, 5) is 13.3. The molecule has 2 rings (SSSR count). The van der Waals surface area contributed by atoms with E-state index >= 15 is 0 Å². The molecule has 2 aromatic rings. The molecule has 0 radical (unpaired) electrons. The highest BCUT2D eigenvalue weighted by Crippen LogP contribution is 2.22. The molecule has 0 aliphatic heterocycles. The molecule has 0 aliphatic carbocycles. The van der Waals surface area contributed by atoms with Gasteiger partial charge >= 0.3 is 0 Å². The number of rotatable bonds is 5. The predicted molar refractivity (Wildman–Crippen MR) is 80.6 cm³/mol. The van der Waals surface area contributed by atoms with Gasteiger partial charge in [-0.05, 0) is 17.7 Å². The number of allylic oxidation sites excluding steroid dienone is 1. The number of sulfonamides is 1. The standard InChI is InChI=1S/C13H15N3O4S/c1-9(16(17)18)5-11-8-14-13-4-3-10(6-12(11)13)7-15-21(2,19)20/h3-6,8,14-15H,7H2,1-2H3/b9-5+. The number of aromatic amines is 1. The first kappa shape index (κ1) is 15.2. The van der Waals surface area contributed by atoms with E-state index in [-0.39, 0.29) is 12.2 Å². The quantitative estimate of drug-likeness (QED) is 0.649. The number of H-pyrrole nitrogens is 1. The first-order chi connectivity index (χ1) is 9.76. The van der Waals surface area contributed by atoms with E-state index in [0.717, 1.165) is 22.7 Å².